The van der Waals surface area contributed by atoms with Crippen LogP contribution in [0.5, 0.6) is 0 Å². The highest BCUT2D eigenvalue weighted by atomic mass is 35.5. The van der Waals surface area contributed by atoms with E-state index in [-0.39, 0.29) is 23.8 Å². The van der Waals surface area contributed by atoms with Crippen LogP contribution in [0.25, 0.3) is 0 Å². The molecule has 0 spiro atoms. The van der Waals surface area contributed by atoms with E-state index < -0.39 is 0 Å². The molecule has 2 atom stereocenters. The Hall–Kier alpha value is -2.37. The Labute approximate surface area is 213 Å². The molecule has 6 heteroatoms. The molecular formula is C29H36ClN3O2. The lowest BCUT2D eigenvalue weighted by Crippen LogP contribution is -2.39. The second-order valence-corrected chi connectivity index (χ2v) is 11.1. The summed E-state index contributed by atoms with van der Waals surface area (Å²) < 4.78 is 0. The summed E-state index contributed by atoms with van der Waals surface area (Å²) in [7, 11) is 1.91. The fourth-order valence-corrected chi connectivity index (χ4v) is 6.41. The van der Waals surface area contributed by atoms with Crippen LogP contribution in [0.2, 0.25) is 5.02 Å². The summed E-state index contributed by atoms with van der Waals surface area (Å²) in [6.07, 6.45) is 8.93. The van der Waals surface area contributed by atoms with Gasteiger partial charge in [0.05, 0.1) is 5.92 Å². The highest BCUT2D eigenvalue weighted by Crippen LogP contribution is 2.36. The second kappa shape index (κ2) is 10.7. The maximum absolute atomic E-state index is 12.8. The van der Waals surface area contributed by atoms with E-state index in [9.17, 15) is 9.59 Å². The molecule has 2 aromatic rings. The number of anilines is 1. The van der Waals surface area contributed by atoms with E-state index in [1.165, 1.54) is 24.8 Å². The van der Waals surface area contributed by atoms with Gasteiger partial charge in [0.25, 0.3) is 5.91 Å². The van der Waals surface area contributed by atoms with E-state index in [0.29, 0.717) is 22.5 Å². The van der Waals surface area contributed by atoms with Crippen LogP contribution in [0.15, 0.2) is 48.5 Å². The van der Waals surface area contributed by atoms with Crippen LogP contribution < -0.4 is 5.32 Å². The van der Waals surface area contributed by atoms with Crippen LogP contribution in [0.4, 0.5) is 5.69 Å². The van der Waals surface area contributed by atoms with E-state index in [1.54, 1.807) is 24.3 Å². The molecule has 186 valence electrons. The molecule has 5 rings (SSSR count). The van der Waals surface area contributed by atoms with Gasteiger partial charge in [-0.15, -0.1) is 0 Å². The topological polar surface area (TPSA) is 52.7 Å². The fraction of sp³-hybridized carbons (Fsp3) is 0.517. The van der Waals surface area contributed by atoms with Crippen molar-refractivity contribution in [3.63, 3.8) is 0 Å². The van der Waals surface area contributed by atoms with E-state index in [2.05, 4.69) is 34.5 Å². The summed E-state index contributed by atoms with van der Waals surface area (Å²) in [5.41, 5.74) is 2.90. The van der Waals surface area contributed by atoms with E-state index in [1.807, 2.05) is 11.9 Å². The zero-order chi connectivity index (χ0) is 24.4. The molecule has 35 heavy (non-hydrogen) atoms. The second-order valence-electron chi connectivity index (χ2n) is 10.6. The molecule has 1 aliphatic carbocycles. The van der Waals surface area contributed by atoms with Gasteiger partial charge in [-0.25, -0.2) is 0 Å². The van der Waals surface area contributed by atoms with Crippen molar-refractivity contribution in [1.82, 2.24) is 9.80 Å². The minimum Gasteiger partial charge on any atom is -0.339 e. The zero-order valence-electron chi connectivity index (χ0n) is 20.6. The number of nitrogens with zero attached hydrogens (tertiary/aromatic N) is 2. The lowest BCUT2D eigenvalue weighted by Gasteiger charge is -2.35. The molecule has 5 nitrogen and oxygen atoms in total. The number of benzene rings is 2. The Kier molecular flexibility index (Phi) is 7.45. The van der Waals surface area contributed by atoms with Gasteiger partial charge in [-0.2, -0.15) is 0 Å². The average molecular weight is 494 g/mol. The Balaban J connectivity index is 1.11. The molecule has 0 bridgehead atoms. The Morgan fingerprint density at radius 2 is 1.66 bits per heavy atom. The van der Waals surface area contributed by atoms with Crippen LogP contribution in [0.1, 0.15) is 73.2 Å². The Morgan fingerprint density at radius 3 is 2.34 bits per heavy atom. The standard InChI is InChI=1S/C29H36ClN3O2/c1-32(29(35)22-5-11-24(30)12-6-22)26-15-9-21(10-16-26)20-7-13-25(14-8-20)31-28(34)23-18-27-4-2-3-17-33(27)19-23/h5-8,11-14,21,23,26-27H,2-4,9-10,15-19H2,1H3,(H,31,34)/t21?,23-,26?,27+/m1/s1. The number of piperidine rings is 1. The smallest absolute Gasteiger partial charge is 0.253 e. The van der Waals surface area contributed by atoms with Gasteiger partial charge >= 0.3 is 0 Å². The molecule has 2 heterocycles. The predicted octanol–water partition coefficient (Wildman–Crippen LogP) is 5.95. The van der Waals surface area contributed by atoms with Crippen molar-refractivity contribution in [3.8, 4) is 0 Å². The van der Waals surface area contributed by atoms with Crippen molar-refractivity contribution in [2.24, 2.45) is 5.92 Å². The van der Waals surface area contributed by atoms with Crippen molar-refractivity contribution in [1.29, 1.82) is 0 Å². The SMILES string of the molecule is CN(C(=O)c1ccc(Cl)cc1)C1CCC(c2ccc(NC(=O)[C@@H]3C[C@@H]4CCCCN4C3)cc2)CC1. The highest BCUT2D eigenvalue weighted by molar-refractivity contribution is 6.30. The first-order valence-electron chi connectivity index (χ1n) is 13.2. The van der Waals surface area contributed by atoms with E-state index >= 15 is 0 Å². The third kappa shape index (κ3) is 5.57. The fourth-order valence-electron chi connectivity index (χ4n) is 6.28. The van der Waals surface area contributed by atoms with Crippen molar-refractivity contribution in [2.75, 3.05) is 25.5 Å². The first-order chi connectivity index (χ1) is 17.0. The molecule has 0 radical (unpaired) electrons. The summed E-state index contributed by atoms with van der Waals surface area (Å²) in [5, 5.41) is 3.80. The Morgan fingerprint density at radius 1 is 0.943 bits per heavy atom. The van der Waals surface area contributed by atoms with Crippen LogP contribution >= 0.6 is 11.6 Å². The molecule has 2 saturated heterocycles. The van der Waals surface area contributed by atoms with Gasteiger partial charge in [-0.3, -0.25) is 14.5 Å². The van der Waals surface area contributed by atoms with Crippen LogP contribution in [0, 0.1) is 5.92 Å². The van der Waals surface area contributed by atoms with Crippen molar-refractivity contribution >= 4 is 29.1 Å². The third-order valence-corrected chi connectivity index (χ3v) is 8.69. The number of hydrogen-bond acceptors (Lipinski definition) is 3. The first-order valence-corrected chi connectivity index (χ1v) is 13.5. The van der Waals surface area contributed by atoms with Gasteiger partial charge < -0.3 is 10.2 Å². The summed E-state index contributed by atoms with van der Waals surface area (Å²) in [6.45, 7) is 2.06. The van der Waals surface area contributed by atoms with Gasteiger partial charge in [0.2, 0.25) is 5.91 Å². The molecule has 1 N–H and O–H groups in total. The zero-order valence-corrected chi connectivity index (χ0v) is 21.3. The average Bonchev–Trinajstić information content (AvgIpc) is 3.34. The molecule has 0 aromatic heterocycles. The number of fused-ring (bicyclic) bond motifs is 1. The molecule has 2 amide bonds. The maximum atomic E-state index is 12.8. The lowest BCUT2D eigenvalue weighted by molar-refractivity contribution is -0.119. The molecule has 0 unspecified atom stereocenters. The Bertz CT molecular complexity index is 1020. The summed E-state index contributed by atoms with van der Waals surface area (Å²) >= 11 is 5.96. The van der Waals surface area contributed by atoms with Gasteiger partial charge in [0, 0.05) is 41.9 Å². The van der Waals surface area contributed by atoms with Crippen molar-refractivity contribution in [2.45, 2.75) is 69.4 Å². The third-order valence-electron chi connectivity index (χ3n) is 8.44. The number of amides is 2. The van der Waals surface area contributed by atoms with Gasteiger partial charge in [0.15, 0.2) is 0 Å². The lowest BCUT2D eigenvalue weighted by atomic mass is 9.81. The normalized spacial score (nSPS) is 26.7. The summed E-state index contributed by atoms with van der Waals surface area (Å²) in [4.78, 5) is 30.1. The summed E-state index contributed by atoms with van der Waals surface area (Å²) in [6, 6.07) is 16.4. The number of carbonyl (C=O) groups excluding carboxylic acids is 2. The van der Waals surface area contributed by atoms with Crippen LogP contribution in [-0.4, -0.2) is 53.8 Å². The van der Waals surface area contributed by atoms with Crippen molar-refractivity contribution in [3.05, 3.63) is 64.7 Å². The number of rotatable bonds is 5. The molecule has 3 fully saturated rings. The number of halogens is 1. The van der Waals surface area contributed by atoms with E-state index in [4.69, 9.17) is 11.6 Å². The minimum atomic E-state index is 0.0588. The molecule has 3 aliphatic rings. The maximum Gasteiger partial charge on any atom is 0.253 e. The van der Waals surface area contributed by atoms with Crippen molar-refractivity contribution < 1.29 is 9.59 Å². The number of hydrogen-bond donors (Lipinski definition) is 1. The molecular weight excluding hydrogens is 458 g/mol. The van der Waals surface area contributed by atoms with Crippen LogP contribution in [0.3, 0.4) is 0 Å². The van der Waals surface area contributed by atoms with Gasteiger partial charge in [-0.1, -0.05) is 30.2 Å². The first kappa shape index (κ1) is 24.3. The highest BCUT2D eigenvalue weighted by Gasteiger charge is 2.37. The van der Waals surface area contributed by atoms with Gasteiger partial charge in [-0.05, 0) is 99.4 Å². The molecule has 2 aromatic carbocycles. The molecule has 2 aliphatic heterocycles. The minimum absolute atomic E-state index is 0.0588. The summed E-state index contributed by atoms with van der Waals surface area (Å²) in [5.74, 6) is 0.839. The quantitative estimate of drug-likeness (QED) is 0.559. The monoisotopic (exact) mass is 493 g/mol. The van der Waals surface area contributed by atoms with Crippen LogP contribution in [-0.2, 0) is 4.79 Å². The van der Waals surface area contributed by atoms with E-state index in [0.717, 1.165) is 50.9 Å². The number of carbonyl (C=O) groups is 2. The largest absolute Gasteiger partial charge is 0.339 e. The molecule has 1 saturated carbocycles. The number of nitrogens with one attached hydrogen (secondary N) is 1. The van der Waals surface area contributed by atoms with Gasteiger partial charge in [0.1, 0.15) is 0 Å². The predicted molar refractivity (Wildman–Crippen MR) is 141 cm³/mol.